The zero-order valence-electron chi connectivity index (χ0n) is 11.4. The van der Waals surface area contributed by atoms with Crippen LogP contribution in [0.2, 0.25) is 0 Å². The summed E-state index contributed by atoms with van der Waals surface area (Å²) in [5, 5.41) is 18.9. The van der Waals surface area contributed by atoms with E-state index in [0.717, 1.165) is 12.2 Å². The first-order valence-electron chi connectivity index (χ1n) is 6.98. The molecule has 2 rings (SSSR count). The fourth-order valence-corrected chi connectivity index (χ4v) is 4.81. The maximum Gasteiger partial charge on any atom is 0.231 e. The lowest BCUT2D eigenvalue weighted by Crippen LogP contribution is -2.68. The maximum atomic E-state index is 12.4. The molecule has 3 atom stereocenters. The topological polar surface area (TPSA) is 86.8 Å². The molecule has 19 heavy (non-hydrogen) atoms. The number of carbonyl (C=O) groups is 1. The third kappa shape index (κ3) is 2.28. The Morgan fingerprint density at radius 3 is 2.58 bits per heavy atom. The predicted molar refractivity (Wildman–Crippen MR) is 75.9 cm³/mol. The Bertz CT molecular complexity index is 334. The van der Waals surface area contributed by atoms with Crippen molar-refractivity contribution >= 4 is 17.7 Å². The Balaban J connectivity index is 2.10. The monoisotopic (exact) mass is 288 g/mol. The van der Waals surface area contributed by atoms with Crippen molar-refractivity contribution in [1.29, 1.82) is 0 Å². The minimum atomic E-state index is -0.518. The largest absolute Gasteiger partial charge is 0.396 e. The summed E-state index contributed by atoms with van der Waals surface area (Å²) in [6.07, 6.45) is 1.89. The molecule has 0 aliphatic carbocycles. The molecule has 110 valence electrons. The average Bonchev–Trinajstić information content (AvgIpc) is 2.70. The molecule has 0 aromatic heterocycles. The van der Waals surface area contributed by atoms with Crippen LogP contribution in [0.25, 0.3) is 0 Å². The van der Waals surface area contributed by atoms with Crippen LogP contribution in [0.3, 0.4) is 0 Å². The standard InChI is InChI=1S/C13H24N2O3S/c1-9-10(19-7-4-14)8-11-13(2-5-16,3-6-17)12(18)15(9)11/h9-11,16-17H,2-8,14H2,1H3. The van der Waals surface area contributed by atoms with E-state index >= 15 is 0 Å². The third-order valence-corrected chi connectivity index (χ3v) is 6.12. The molecule has 0 radical (unpaired) electrons. The lowest BCUT2D eigenvalue weighted by atomic mass is 9.66. The Kier molecular flexibility index (Phi) is 4.76. The van der Waals surface area contributed by atoms with Gasteiger partial charge in [0.2, 0.25) is 5.91 Å². The van der Waals surface area contributed by atoms with Gasteiger partial charge in [0.1, 0.15) is 0 Å². The van der Waals surface area contributed by atoms with Crippen LogP contribution in [0.1, 0.15) is 26.2 Å². The molecule has 1 amide bonds. The minimum absolute atomic E-state index is 0.00503. The number of hydrogen-bond acceptors (Lipinski definition) is 5. The molecule has 0 aromatic carbocycles. The Labute approximate surface area is 118 Å². The van der Waals surface area contributed by atoms with E-state index in [-0.39, 0.29) is 31.2 Å². The average molecular weight is 288 g/mol. The van der Waals surface area contributed by atoms with Gasteiger partial charge in [0.05, 0.1) is 5.41 Å². The number of β-lactam (4-membered cyclic amide) rings is 1. The van der Waals surface area contributed by atoms with Crippen LogP contribution in [-0.4, -0.2) is 63.9 Å². The number of aliphatic hydroxyl groups is 2. The molecule has 6 heteroatoms. The predicted octanol–water partition coefficient (Wildman–Crippen LogP) is -0.199. The molecule has 0 aromatic rings. The second kappa shape index (κ2) is 5.99. The summed E-state index contributed by atoms with van der Waals surface area (Å²) in [6.45, 7) is 2.76. The number of nitrogens with zero attached hydrogens (tertiary/aromatic N) is 1. The van der Waals surface area contributed by atoms with Gasteiger partial charge in [0, 0.05) is 42.8 Å². The van der Waals surface area contributed by atoms with Crippen molar-refractivity contribution in [2.24, 2.45) is 11.1 Å². The number of aliphatic hydroxyl groups excluding tert-OH is 2. The van der Waals surface area contributed by atoms with Gasteiger partial charge < -0.3 is 20.8 Å². The first kappa shape index (κ1) is 15.1. The number of carbonyl (C=O) groups excluding carboxylic acids is 1. The van der Waals surface area contributed by atoms with Crippen molar-refractivity contribution in [2.75, 3.05) is 25.5 Å². The summed E-state index contributed by atoms with van der Waals surface area (Å²) in [7, 11) is 0. The van der Waals surface area contributed by atoms with Crippen LogP contribution in [0.5, 0.6) is 0 Å². The molecular weight excluding hydrogens is 264 g/mol. The summed E-state index contributed by atoms with van der Waals surface area (Å²) in [5.74, 6) is 1.03. The van der Waals surface area contributed by atoms with E-state index in [2.05, 4.69) is 6.92 Å². The fourth-order valence-electron chi connectivity index (χ4n) is 3.64. The molecule has 2 saturated heterocycles. The summed E-state index contributed by atoms with van der Waals surface area (Å²) in [5.41, 5.74) is 5.03. The first-order valence-corrected chi connectivity index (χ1v) is 8.03. The van der Waals surface area contributed by atoms with Crippen molar-refractivity contribution in [1.82, 2.24) is 4.90 Å². The van der Waals surface area contributed by atoms with Gasteiger partial charge in [-0.25, -0.2) is 0 Å². The van der Waals surface area contributed by atoms with Gasteiger partial charge in [-0.05, 0) is 26.2 Å². The normalized spacial score (nSPS) is 32.3. The Hall–Kier alpha value is -0.300. The van der Waals surface area contributed by atoms with Crippen molar-refractivity contribution in [3.05, 3.63) is 0 Å². The Morgan fingerprint density at radius 2 is 2.05 bits per heavy atom. The highest BCUT2D eigenvalue weighted by atomic mass is 32.2. The molecule has 2 heterocycles. The molecular formula is C13H24N2O3S. The number of nitrogens with two attached hydrogens (primary N) is 1. The van der Waals surface area contributed by atoms with Crippen LogP contribution in [0.15, 0.2) is 0 Å². The van der Waals surface area contributed by atoms with Crippen molar-refractivity contribution in [3.63, 3.8) is 0 Å². The van der Waals surface area contributed by atoms with Gasteiger partial charge in [0.25, 0.3) is 0 Å². The highest BCUT2D eigenvalue weighted by Gasteiger charge is 2.64. The first-order chi connectivity index (χ1) is 9.12. The van der Waals surface area contributed by atoms with Crippen LogP contribution in [0.4, 0.5) is 0 Å². The molecule has 4 N–H and O–H groups in total. The van der Waals surface area contributed by atoms with E-state index in [1.807, 2.05) is 16.7 Å². The van der Waals surface area contributed by atoms with Crippen LogP contribution >= 0.6 is 11.8 Å². The molecule has 0 saturated carbocycles. The van der Waals surface area contributed by atoms with Gasteiger partial charge in [-0.1, -0.05) is 0 Å². The molecule has 0 bridgehead atoms. The van der Waals surface area contributed by atoms with E-state index in [9.17, 15) is 15.0 Å². The molecule has 2 aliphatic heterocycles. The van der Waals surface area contributed by atoms with Crippen LogP contribution in [-0.2, 0) is 4.79 Å². The molecule has 5 nitrogen and oxygen atoms in total. The summed E-state index contributed by atoms with van der Waals surface area (Å²) < 4.78 is 0. The van der Waals surface area contributed by atoms with E-state index in [1.165, 1.54) is 0 Å². The van der Waals surface area contributed by atoms with E-state index < -0.39 is 5.41 Å². The van der Waals surface area contributed by atoms with Crippen molar-refractivity contribution in [2.45, 2.75) is 43.5 Å². The highest BCUT2D eigenvalue weighted by molar-refractivity contribution is 8.00. The van der Waals surface area contributed by atoms with Crippen LogP contribution < -0.4 is 5.73 Å². The number of thioether (sulfide) groups is 1. The number of rotatable bonds is 7. The molecule has 2 fully saturated rings. The fraction of sp³-hybridized carbons (Fsp3) is 0.923. The van der Waals surface area contributed by atoms with Gasteiger partial charge in [0.15, 0.2) is 0 Å². The van der Waals surface area contributed by atoms with Gasteiger partial charge in [-0.15, -0.1) is 0 Å². The second-order valence-corrected chi connectivity index (χ2v) is 6.85. The smallest absolute Gasteiger partial charge is 0.231 e. The second-order valence-electron chi connectivity index (χ2n) is 5.51. The quantitative estimate of drug-likeness (QED) is 0.565. The van der Waals surface area contributed by atoms with Gasteiger partial charge in [-0.2, -0.15) is 11.8 Å². The van der Waals surface area contributed by atoms with Crippen molar-refractivity contribution in [3.8, 4) is 0 Å². The van der Waals surface area contributed by atoms with E-state index in [1.54, 1.807) is 0 Å². The number of hydrogen-bond donors (Lipinski definition) is 3. The van der Waals surface area contributed by atoms with Crippen LogP contribution in [0, 0.1) is 5.41 Å². The highest BCUT2D eigenvalue weighted by Crippen LogP contribution is 2.54. The summed E-state index contributed by atoms with van der Waals surface area (Å²) in [6, 6.07) is 0.420. The number of fused-ring (bicyclic) bond motifs is 1. The van der Waals surface area contributed by atoms with E-state index in [4.69, 9.17) is 5.73 Å². The number of amides is 1. The summed E-state index contributed by atoms with van der Waals surface area (Å²) >= 11 is 1.83. The third-order valence-electron chi connectivity index (χ3n) is 4.63. The molecule has 2 aliphatic rings. The van der Waals surface area contributed by atoms with Crippen molar-refractivity contribution < 1.29 is 15.0 Å². The SMILES string of the molecule is CC1C(SCCN)CC2N1C(=O)C2(CCO)CCO. The lowest BCUT2D eigenvalue weighted by molar-refractivity contribution is -0.175. The minimum Gasteiger partial charge on any atom is -0.396 e. The molecule has 3 unspecified atom stereocenters. The van der Waals surface area contributed by atoms with Gasteiger partial charge in [-0.3, -0.25) is 4.79 Å². The molecule has 0 spiro atoms. The van der Waals surface area contributed by atoms with Gasteiger partial charge >= 0.3 is 0 Å². The lowest BCUT2D eigenvalue weighted by Gasteiger charge is -2.54. The Morgan fingerprint density at radius 1 is 1.42 bits per heavy atom. The maximum absolute atomic E-state index is 12.4. The zero-order chi connectivity index (χ0) is 14.0. The van der Waals surface area contributed by atoms with E-state index in [0.29, 0.717) is 24.6 Å². The zero-order valence-corrected chi connectivity index (χ0v) is 12.2. The summed E-state index contributed by atoms with van der Waals surface area (Å²) in [4.78, 5) is 14.4.